The quantitative estimate of drug-likeness (QED) is 0.679. The van der Waals surface area contributed by atoms with Crippen LogP contribution in [0.15, 0.2) is 36.4 Å². The number of hydrogen-bond donors (Lipinski definition) is 1. The van der Waals surface area contributed by atoms with E-state index in [2.05, 4.69) is 0 Å². The van der Waals surface area contributed by atoms with Gasteiger partial charge in [0.15, 0.2) is 12.6 Å². The summed E-state index contributed by atoms with van der Waals surface area (Å²) in [6.07, 6.45) is -0.520. The van der Waals surface area contributed by atoms with Gasteiger partial charge in [-0.15, -0.1) is 0 Å². The molecule has 0 heterocycles. The Morgan fingerprint density at radius 2 is 1.90 bits per heavy atom. The molecule has 2 aromatic rings. The highest BCUT2D eigenvalue weighted by molar-refractivity contribution is 5.88. The Hall–Kier alpha value is -2.24. The summed E-state index contributed by atoms with van der Waals surface area (Å²) in [5, 5.41) is 9.62. The Morgan fingerprint density at radius 3 is 2.52 bits per heavy atom. The molecule has 0 radical (unpaired) electrons. The van der Waals surface area contributed by atoms with Crippen LogP contribution in [0.3, 0.4) is 0 Å². The first-order chi connectivity index (χ1) is 10.1. The molecule has 1 N–H and O–H groups in total. The van der Waals surface area contributed by atoms with Crippen LogP contribution in [-0.2, 0) is 4.74 Å². The molecule has 0 fully saturated rings. The van der Waals surface area contributed by atoms with Crippen LogP contribution in [0.25, 0.3) is 11.1 Å². The molecule has 110 valence electrons. The summed E-state index contributed by atoms with van der Waals surface area (Å²) in [6.45, 7) is 0. The maximum absolute atomic E-state index is 14.0. The van der Waals surface area contributed by atoms with E-state index in [1.165, 1.54) is 38.5 Å². The number of aldehydes is 1. The SMILES string of the molecule is COc1ccc(F)c(-c2ccc(C(O)OC)cc2C=O)c1. The molecule has 21 heavy (non-hydrogen) atoms. The molecule has 0 bridgehead atoms. The predicted molar refractivity (Wildman–Crippen MR) is 75.7 cm³/mol. The number of carbonyl (C=O) groups excluding carboxylic acids is 1. The molecular formula is C16H15FO4. The van der Waals surface area contributed by atoms with Crippen molar-refractivity contribution in [1.82, 2.24) is 0 Å². The second-order valence-corrected chi connectivity index (χ2v) is 4.40. The third-order valence-electron chi connectivity index (χ3n) is 3.17. The van der Waals surface area contributed by atoms with E-state index in [0.717, 1.165) is 0 Å². The number of rotatable bonds is 5. The highest BCUT2D eigenvalue weighted by Crippen LogP contribution is 2.30. The molecule has 0 saturated heterocycles. The third-order valence-corrected chi connectivity index (χ3v) is 3.17. The molecule has 0 amide bonds. The second-order valence-electron chi connectivity index (χ2n) is 4.40. The molecule has 0 aromatic heterocycles. The minimum Gasteiger partial charge on any atom is -0.497 e. The third kappa shape index (κ3) is 3.09. The molecule has 0 saturated carbocycles. The van der Waals surface area contributed by atoms with Gasteiger partial charge >= 0.3 is 0 Å². The van der Waals surface area contributed by atoms with Crippen molar-refractivity contribution in [3.63, 3.8) is 0 Å². The number of methoxy groups -OCH3 is 2. The second kappa shape index (κ2) is 6.47. The van der Waals surface area contributed by atoms with Gasteiger partial charge in [0.05, 0.1) is 7.11 Å². The van der Waals surface area contributed by atoms with E-state index in [1.54, 1.807) is 12.1 Å². The Balaban J connectivity index is 2.56. The molecule has 1 atom stereocenters. The van der Waals surface area contributed by atoms with Gasteiger partial charge in [-0.05, 0) is 29.8 Å². The molecule has 5 heteroatoms. The van der Waals surface area contributed by atoms with Gasteiger partial charge in [-0.1, -0.05) is 12.1 Å². The van der Waals surface area contributed by atoms with Crippen molar-refractivity contribution in [2.24, 2.45) is 0 Å². The van der Waals surface area contributed by atoms with Crippen LogP contribution < -0.4 is 4.74 Å². The Morgan fingerprint density at radius 1 is 1.14 bits per heavy atom. The van der Waals surface area contributed by atoms with Crippen molar-refractivity contribution in [3.05, 3.63) is 53.3 Å². The maximum Gasteiger partial charge on any atom is 0.180 e. The van der Waals surface area contributed by atoms with Crippen molar-refractivity contribution in [2.45, 2.75) is 6.29 Å². The van der Waals surface area contributed by atoms with E-state index in [-0.39, 0.29) is 11.1 Å². The highest BCUT2D eigenvalue weighted by Gasteiger charge is 2.14. The van der Waals surface area contributed by atoms with E-state index >= 15 is 0 Å². The molecular weight excluding hydrogens is 275 g/mol. The maximum atomic E-state index is 14.0. The van der Waals surface area contributed by atoms with Gasteiger partial charge in [0.2, 0.25) is 0 Å². The molecule has 4 nitrogen and oxygen atoms in total. The summed E-state index contributed by atoms with van der Waals surface area (Å²) in [6, 6.07) is 8.91. The first-order valence-electron chi connectivity index (χ1n) is 6.24. The number of hydrogen-bond acceptors (Lipinski definition) is 4. The molecule has 2 rings (SSSR count). The number of aliphatic hydroxyl groups is 1. The zero-order valence-electron chi connectivity index (χ0n) is 11.7. The summed E-state index contributed by atoms with van der Waals surface area (Å²) in [4.78, 5) is 11.3. The zero-order chi connectivity index (χ0) is 15.4. The summed E-state index contributed by atoms with van der Waals surface area (Å²) < 4.78 is 23.8. The summed E-state index contributed by atoms with van der Waals surface area (Å²) in [7, 11) is 2.83. The van der Waals surface area contributed by atoms with Crippen molar-refractivity contribution in [3.8, 4) is 16.9 Å². The van der Waals surface area contributed by atoms with Gasteiger partial charge in [-0.25, -0.2) is 4.39 Å². The Bertz CT molecular complexity index is 655. The summed E-state index contributed by atoms with van der Waals surface area (Å²) >= 11 is 0. The minimum absolute atomic E-state index is 0.259. The van der Waals surface area contributed by atoms with Crippen LogP contribution in [0.1, 0.15) is 22.2 Å². The number of carbonyl (C=O) groups is 1. The first-order valence-corrected chi connectivity index (χ1v) is 6.24. The highest BCUT2D eigenvalue weighted by atomic mass is 19.1. The molecule has 0 aliphatic rings. The summed E-state index contributed by atoms with van der Waals surface area (Å²) in [5.41, 5.74) is 1.37. The van der Waals surface area contributed by atoms with Crippen LogP contribution in [0.2, 0.25) is 0 Å². The van der Waals surface area contributed by atoms with E-state index < -0.39 is 12.1 Å². The fourth-order valence-corrected chi connectivity index (χ4v) is 2.05. The van der Waals surface area contributed by atoms with Crippen molar-refractivity contribution < 1.29 is 23.8 Å². The minimum atomic E-state index is -1.13. The van der Waals surface area contributed by atoms with Crippen molar-refractivity contribution >= 4 is 6.29 Å². The lowest BCUT2D eigenvalue weighted by atomic mass is 9.97. The number of benzene rings is 2. The molecule has 0 spiro atoms. The van der Waals surface area contributed by atoms with Crippen molar-refractivity contribution in [1.29, 1.82) is 0 Å². The number of ether oxygens (including phenoxy) is 2. The lowest BCUT2D eigenvalue weighted by Gasteiger charge is -2.13. The lowest BCUT2D eigenvalue weighted by Crippen LogP contribution is -2.01. The number of aliphatic hydroxyl groups excluding tert-OH is 1. The van der Waals surface area contributed by atoms with Gasteiger partial charge in [0.1, 0.15) is 11.6 Å². The van der Waals surface area contributed by atoms with Crippen LogP contribution in [0.4, 0.5) is 4.39 Å². The van der Waals surface area contributed by atoms with Crippen LogP contribution >= 0.6 is 0 Å². The largest absolute Gasteiger partial charge is 0.497 e. The van der Waals surface area contributed by atoms with Crippen LogP contribution in [-0.4, -0.2) is 25.6 Å². The normalized spacial score (nSPS) is 12.0. The monoisotopic (exact) mass is 290 g/mol. The van der Waals surface area contributed by atoms with Gasteiger partial charge in [0, 0.05) is 23.8 Å². The van der Waals surface area contributed by atoms with E-state index in [9.17, 15) is 14.3 Å². The average molecular weight is 290 g/mol. The molecule has 2 aromatic carbocycles. The average Bonchev–Trinajstić information content (AvgIpc) is 2.54. The van der Waals surface area contributed by atoms with Gasteiger partial charge in [-0.2, -0.15) is 0 Å². The zero-order valence-corrected chi connectivity index (χ0v) is 11.7. The van der Waals surface area contributed by atoms with Gasteiger partial charge < -0.3 is 14.6 Å². The summed E-state index contributed by atoms with van der Waals surface area (Å²) in [5.74, 6) is 0.0307. The number of halogens is 1. The van der Waals surface area contributed by atoms with Crippen molar-refractivity contribution in [2.75, 3.05) is 14.2 Å². The van der Waals surface area contributed by atoms with Crippen LogP contribution in [0, 0.1) is 5.82 Å². The molecule has 0 aliphatic heterocycles. The Kier molecular flexibility index (Phi) is 4.67. The molecule has 1 unspecified atom stereocenters. The van der Waals surface area contributed by atoms with E-state index in [0.29, 0.717) is 23.2 Å². The van der Waals surface area contributed by atoms with Crippen LogP contribution in [0.5, 0.6) is 5.75 Å². The topological polar surface area (TPSA) is 55.8 Å². The predicted octanol–water partition coefficient (Wildman–Crippen LogP) is 2.95. The Labute approximate surface area is 121 Å². The van der Waals surface area contributed by atoms with Gasteiger partial charge in [0.25, 0.3) is 0 Å². The standard InChI is InChI=1S/C16H15FO4/c1-20-12-4-6-15(17)14(8-12)13-5-3-10(16(19)21-2)7-11(13)9-18/h3-9,16,19H,1-2H3. The smallest absolute Gasteiger partial charge is 0.180 e. The van der Waals surface area contributed by atoms with E-state index in [4.69, 9.17) is 9.47 Å². The first kappa shape index (κ1) is 15.2. The fraction of sp³-hybridized carbons (Fsp3) is 0.188. The van der Waals surface area contributed by atoms with Gasteiger partial charge in [-0.3, -0.25) is 4.79 Å². The fourth-order valence-electron chi connectivity index (χ4n) is 2.05. The molecule has 0 aliphatic carbocycles. The van der Waals surface area contributed by atoms with E-state index in [1.807, 2.05) is 0 Å². The lowest BCUT2D eigenvalue weighted by molar-refractivity contribution is -0.0769.